The van der Waals surface area contributed by atoms with Crippen molar-refractivity contribution < 1.29 is 0 Å². The highest BCUT2D eigenvalue weighted by atomic mass is 14.9. The van der Waals surface area contributed by atoms with Crippen LogP contribution in [-0.2, 0) is 0 Å². The van der Waals surface area contributed by atoms with Crippen LogP contribution in [0.25, 0.3) is 10.9 Å². The number of benzene rings is 1. The monoisotopic (exact) mass is 250 g/mol. The van der Waals surface area contributed by atoms with Gasteiger partial charge in [0.1, 0.15) is 5.82 Å². The van der Waals surface area contributed by atoms with Crippen molar-refractivity contribution in [2.24, 2.45) is 5.73 Å². The van der Waals surface area contributed by atoms with Crippen molar-refractivity contribution in [1.82, 2.24) is 15.0 Å². The van der Waals surface area contributed by atoms with Gasteiger partial charge in [-0.3, -0.25) is 4.98 Å². The standard InChI is InChI=1S/C15H14N4/c1-10-17-9-7-13(19-10)14(16)12-6-2-4-11-5-3-8-18-15(11)12/h2-9,14H,16H2,1H3. The minimum absolute atomic E-state index is 0.291. The van der Waals surface area contributed by atoms with Gasteiger partial charge in [0.05, 0.1) is 17.3 Å². The summed E-state index contributed by atoms with van der Waals surface area (Å²) in [5.41, 5.74) is 9.04. The Morgan fingerprint density at radius 3 is 2.68 bits per heavy atom. The van der Waals surface area contributed by atoms with Crippen LogP contribution in [0, 0.1) is 6.92 Å². The second kappa shape index (κ2) is 4.74. The van der Waals surface area contributed by atoms with Crippen LogP contribution in [-0.4, -0.2) is 15.0 Å². The van der Waals surface area contributed by atoms with E-state index < -0.39 is 0 Å². The number of para-hydroxylation sites is 1. The van der Waals surface area contributed by atoms with Gasteiger partial charge in [0.15, 0.2) is 0 Å². The average molecular weight is 250 g/mol. The maximum Gasteiger partial charge on any atom is 0.125 e. The molecule has 0 saturated heterocycles. The summed E-state index contributed by atoms with van der Waals surface area (Å²) in [6.45, 7) is 1.86. The Kier molecular flexibility index (Phi) is 2.93. The fourth-order valence-corrected chi connectivity index (χ4v) is 2.19. The molecule has 0 aliphatic heterocycles. The second-order valence-corrected chi connectivity index (χ2v) is 4.43. The largest absolute Gasteiger partial charge is 0.319 e. The first-order valence-corrected chi connectivity index (χ1v) is 6.14. The number of aromatic nitrogens is 3. The summed E-state index contributed by atoms with van der Waals surface area (Å²) in [5, 5.41) is 1.08. The van der Waals surface area contributed by atoms with Crippen LogP contribution in [0.1, 0.15) is 23.1 Å². The molecule has 94 valence electrons. The van der Waals surface area contributed by atoms with Crippen LogP contribution in [0.4, 0.5) is 0 Å². The van der Waals surface area contributed by atoms with Crippen molar-refractivity contribution in [3.05, 3.63) is 65.9 Å². The molecule has 2 heterocycles. The summed E-state index contributed by atoms with van der Waals surface area (Å²) >= 11 is 0. The molecule has 3 aromatic rings. The van der Waals surface area contributed by atoms with E-state index in [9.17, 15) is 0 Å². The predicted octanol–water partition coefficient (Wildman–Crippen LogP) is 2.38. The van der Waals surface area contributed by atoms with Crippen LogP contribution in [0.2, 0.25) is 0 Å². The highest BCUT2D eigenvalue weighted by Crippen LogP contribution is 2.24. The predicted molar refractivity (Wildman–Crippen MR) is 74.5 cm³/mol. The van der Waals surface area contributed by atoms with E-state index >= 15 is 0 Å². The van der Waals surface area contributed by atoms with Crippen LogP contribution in [0.15, 0.2) is 48.8 Å². The van der Waals surface area contributed by atoms with E-state index in [0.717, 1.165) is 28.0 Å². The molecule has 19 heavy (non-hydrogen) atoms. The SMILES string of the molecule is Cc1nccc(C(N)c2cccc3cccnc23)n1. The van der Waals surface area contributed by atoms with E-state index in [0.29, 0.717) is 0 Å². The molecule has 1 aromatic carbocycles. The zero-order valence-corrected chi connectivity index (χ0v) is 10.6. The Morgan fingerprint density at radius 1 is 1.00 bits per heavy atom. The lowest BCUT2D eigenvalue weighted by atomic mass is 10.0. The number of pyridine rings is 1. The molecular formula is C15H14N4. The van der Waals surface area contributed by atoms with Crippen LogP contribution in [0.3, 0.4) is 0 Å². The third kappa shape index (κ3) is 2.18. The molecule has 0 saturated carbocycles. The first kappa shape index (κ1) is 11.7. The van der Waals surface area contributed by atoms with E-state index in [1.54, 1.807) is 12.4 Å². The van der Waals surface area contributed by atoms with Crippen molar-refractivity contribution in [3.63, 3.8) is 0 Å². The second-order valence-electron chi connectivity index (χ2n) is 4.43. The van der Waals surface area contributed by atoms with Crippen LogP contribution >= 0.6 is 0 Å². The number of fused-ring (bicyclic) bond motifs is 1. The molecule has 0 spiro atoms. The molecule has 4 heteroatoms. The number of hydrogen-bond donors (Lipinski definition) is 1. The van der Waals surface area contributed by atoms with Gasteiger partial charge < -0.3 is 5.73 Å². The third-order valence-electron chi connectivity index (χ3n) is 3.12. The highest BCUT2D eigenvalue weighted by molar-refractivity contribution is 5.82. The molecule has 0 radical (unpaired) electrons. The third-order valence-corrected chi connectivity index (χ3v) is 3.12. The van der Waals surface area contributed by atoms with Gasteiger partial charge in [-0.1, -0.05) is 24.3 Å². The van der Waals surface area contributed by atoms with Crippen LogP contribution in [0.5, 0.6) is 0 Å². The van der Waals surface area contributed by atoms with Gasteiger partial charge in [0.25, 0.3) is 0 Å². The molecule has 0 amide bonds. The molecule has 1 atom stereocenters. The molecule has 0 bridgehead atoms. The normalized spacial score (nSPS) is 12.5. The zero-order valence-electron chi connectivity index (χ0n) is 10.6. The van der Waals surface area contributed by atoms with E-state index in [2.05, 4.69) is 15.0 Å². The Balaban J connectivity index is 2.14. The minimum Gasteiger partial charge on any atom is -0.319 e. The van der Waals surface area contributed by atoms with Gasteiger partial charge in [-0.2, -0.15) is 0 Å². The number of nitrogens with two attached hydrogens (primary N) is 1. The van der Waals surface area contributed by atoms with E-state index in [-0.39, 0.29) is 6.04 Å². The van der Waals surface area contributed by atoms with Gasteiger partial charge in [0.2, 0.25) is 0 Å². The molecular weight excluding hydrogens is 236 g/mol. The number of hydrogen-bond acceptors (Lipinski definition) is 4. The van der Waals surface area contributed by atoms with Gasteiger partial charge in [-0.25, -0.2) is 9.97 Å². The molecule has 4 nitrogen and oxygen atoms in total. The fourth-order valence-electron chi connectivity index (χ4n) is 2.19. The molecule has 0 aliphatic carbocycles. The highest BCUT2D eigenvalue weighted by Gasteiger charge is 2.14. The molecule has 2 aromatic heterocycles. The van der Waals surface area contributed by atoms with Gasteiger partial charge in [-0.05, 0) is 19.1 Å². The Hall–Kier alpha value is -2.33. The lowest BCUT2D eigenvalue weighted by Gasteiger charge is -2.13. The van der Waals surface area contributed by atoms with Crippen molar-refractivity contribution in [1.29, 1.82) is 0 Å². The summed E-state index contributed by atoms with van der Waals surface area (Å²) in [5.74, 6) is 0.723. The topological polar surface area (TPSA) is 64.7 Å². The summed E-state index contributed by atoms with van der Waals surface area (Å²) in [4.78, 5) is 12.9. The lowest BCUT2D eigenvalue weighted by molar-refractivity contribution is 0.811. The molecule has 0 aliphatic rings. The molecule has 3 rings (SSSR count). The fraction of sp³-hybridized carbons (Fsp3) is 0.133. The lowest BCUT2D eigenvalue weighted by Crippen LogP contribution is -2.15. The molecule has 0 fully saturated rings. The van der Waals surface area contributed by atoms with E-state index in [1.807, 2.05) is 43.3 Å². The van der Waals surface area contributed by atoms with Gasteiger partial charge >= 0.3 is 0 Å². The van der Waals surface area contributed by atoms with Crippen molar-refractivity contribution in [2.75, 3.05) is 0 Å². The smallest absolute Gasteiger partial charge is 0.125 e. The number of rotatable bonds is 2. The maximum absolute atomic E-state index is 6.32. The average Bonchev–Trinajstić information content (AvgIpc) is 2.46. The van der Waals surface area contributed by atoms with Crippen LogP contribution < -0.4 is 5.73 Å². The Morgan fingerprint density at radius 2 is 1.84 bits per heavy atom. The minimum atomic E-state index is -0.291. The van der Waals surface area contributed by atoms with Gasteiger partial charge in [0, 0.05) is 23.3 Å². The summed E-state index contributed by atoms with van der Waals surface area (Å²) < 4.78 is 0. The first-order chi connectivity index (χ1) is 9.25. The van der Waals surface area contributed by atoms with E-state index in [1.165, 1.54) is 0 Å². The summed E-state index contributed by atoms with van der Waals surface area (Å²) in [6, 6.07) is 11.5. The van der Waals surface area contributed by atoms with Gasteiger partial charge in [-0.15, -0.1) is 0 Å². The van der Waals surface area contributed by atoms with Crippen molar-refractivity contribution in [3.8, 4) is 0 Å². The molecule has 2 N–H and O–H groups in total. The molecule has 1 unspecified atom stereocenters. The first-order valence-electron chi connectivity index (χ1n) is 6.14. The Labute approximate surface area is 111 Å². The van der Waals surface area contributed by atoms with E-state index in [4.69, 9.17) is 5.73 Å². The number of aryl methyl sites for hydroxylation is 1. The number of nitrogens with zero attached hydrogens (tertiary/aromatic N) is 3. The maximum atomic E-state index is 6.32. The van der Waals surface area contributed by atoms with Crippen molar-refractivity contribution >= 4 is 10.9 Å². The summed E-state index contributed by atoms with van der Waals surface area (Å²) in [7, 11) is 0. The van der Waals surface area contributed by atoms with Crippen molar-refractivity contribution in [2.45, 2.75) is 13.0 Å². The zero-order chi connectivity index (χ0) is 13.2. The quantitative estimate of drug-likeness (QED) is 0.758. The Bertz CT molecular complexity index is 719. The summed E-state index contributed by atoms with van der Waals surface area (Å²) in [6.07, 6.45) is 3.51.